The molecule has 1 nitrogen and oxygen atoms in total. The summed E-state index contributed by atoms with van der Waals surface area (Å²) < 4.78 is 0. The van der Waals surface area contributed by atoms with E-state index in [9.17, 15) is 5.11 Å². The van der Waals surface area contributed by atoms with Gasteiger partial charge in [-0.1, -0.05) is 57.2 Å². The van der Waals surface area contributed by atoms with E-state index >= 15 is 0 Å². The average Bonchev–Trinajstić information content (AvgIpc) is 2.45. The average molecular weight is 230 g/mol. The second kappa shape index (κ2) is 5.05. The normalized spacial score (nSPS) is 34.0. The second-order valence-electron chi connectivity index (χ2n) is 5.34. The standard InChI is InChI=1S/C16H22O/c1-11-12(2)15(9-10-16(17)13(11)3)14-7-5-4-6-8-14/h4-9,11-13,16-17H,10H2,1-3H3/t11-,12-,13-,16-/m1/s1. The lowest BCUT2D eigenvalue weighted by Gasteiger charge is -2.27. The zero-order chi connectivity index (χ0) is 12.4. The zero-order valence-corrected chi connectivity index (χ0v) is 10.9. The number of hydrogen-bond donors (Lipinski definition) is 1. The van der Waals surface area contributed by atoms with Crippen LogP contribution in [-0.2, 0) is 0 Å². The Bertz CT molecular complexity index is 393. The lowest BCUT2D eigenvalue weighted by atomic mass is 9.79. The van der Waals surface area contributed by atoms with Crippen LogP contribution in [0, 0.1) is 17.8 Å². The molecule has 1 aromatic rings. The largest absolute Gasteiger partial charge is 0.393 e. The number of rotatable bonds is 1. The van der Waals surface area contributed by atoms with Crippen LogP contribution in [-0.4, -0.2) is 11.2 Å². The first-order valence-corrected chi connectivity index (χ1v) is 6.54. The minimum Gasteiger partial charge on any atom is -0.393 e. The smallest absolute Gasteiger partial charge is 0.0603 e. The van der Waals surface area contributed by atoms with E-state index in [2.05, 4.69) is 51.1 Å². The molecule has 0 bridgehead atoms. The van der Waals surface area contributed by atoms with E-state index in [1.807, 2.05) is 6.07 Å². The van der Waals surface area contributed by atoms with Crippen molar-refractivity contribution in [2.24, 2.45) is 17.8 Å². The third-order valence-electron chi connectivity index (χ3n) is 4.40. The molecule has 0 unspecified atom stereocenters. The molecule has 0 saturated heterocycles. The Hall–Kier alpha value is -1.08. The van der Waals surface area contributed by atoms with Crippen molar-refractivity contribution in [2.45, 2.75) is 33.3 Å². The number of allylic oxidation sites excluding steroid dienone is 1. The van der Waals surface area contributed by atoms with Gasteiger partial charge in [0.2, 0.25) is 0 Å². The Balaban J connectivity index is 2.34. The minimum absolute atomic E-state index is 0.200. The third kappa shape index (κ3) is 2.44. The topological polar surface area (TPSA) is 20.2 Å². The Morgan fingerprint density at radius 2 is 1.65 bits per heavy atom. The van der Waals surface area contributed by atoms with Crippen LogP contribution < -0.4 is 0 Å². The van der Waals surface area contributed by atoms with Gasteiger partial charge in [0.1, 0.15) is 0 Å². The number of benzene rings is 1. The molecular formula is C16H22O. The van der Waals surface area contributed by atoms with Gasteiger partial charge in [0, 0.05) is 0 Å². The minimum atomic E-state index is -0.200. The monoisotopic (exact) mass is 230 g/mol. The highest BCUT2D eigenvalue weighted by molar-refractivity contribution is 5.67. The molecule has 0 heterocycles. The van der Waals surface area contributed by atoms with Gasteiger partial charge >= 0.3 is 0 Å². The fourth-order valence-electron chi connectivity index (χ4n) is 2.75. The van der Waals surface area contributed by atoms with Gasteiger partial charge in [0.25, 0.3) is 0 Å². The molecule has 0 radical (unpaired) electrons. The van der Waals surface area contributed by atoms with E-state index in [1.165, 1.54) is 11.1 Å². The van der Waals surface area contributed by atoms with Crippen molar-refractivity contribution in [1.82, 2.24) is 0 Å². The van der Waals surface area contributed by atoms with Gasteiger partial charge in [-0.3, -0.25) is 0 Å². The molecule has 17 heavy (non-hydrogen) atoms. The van der Waals surface area contributed by atoms with Crippen molar-refractivity contribution in [3.05, 3.63) is 42.0 Å². The van der Waals surface area contributed by atoms with E-state index in [0.29, 0.717) is 17.8 Å². The summed E-state index contributed by atoms with van der Waals surface area (Å²) in [7, 11) is 0. The highest BCUT2D eigenvalue weighted by atomic mass is 16.3. The number of aliphatic hydroxyl groups is 1. The molecule has 0 aromatic heterocycles. The third-order valence-corrected chi connectivity index (χ3v) is 4.40. The summed E-state index contributed by atoms with van der Waals surface area (Å²) >= 11 is 0. The van der Waals surface area contributed by atoms with E-state index in [-0.39, 0.29) is 6.10 Å². The zero-order valence-electron chi connectivity index (χ0n) is 10.9. The quantitative estimate of drug-likeness (QED) is 0.779. The molecule has 1 heteroatoms. The van der Waals surface area contributed by atoms with Crippen LogP contribution in [0.2, 0.25) is 0 Å². The SMILES string of the molecule is C[C@@H]1[C@H](C)[C@@H](C)C(c2ccccc2)=CC[C@H]1O. The molecule has 1 aliphatic rings. The maximum atomic E-state index is 10.1. The maximum absolute atomic E-state index is 10.1. The summed E-state index contributed by atoms with van der Waals surface area (Å²) in [6.45, 7) is 6.69. The van der Waals surface area contributed by atoms with Gasteiger partial charge in [-0.15, -0.1) is 0 Å². The second-order valence-corrected chi connectivity index (χ2v) is 5.34. The van der Waals surface area contributed by atoms with Crippen LogP contribution in [0.5, 0.6) is 0 Å². The van der Waals surface area contributed by atoms with Gasteiger partial charge in [-0.05, 0) is 35.3 Å². The van der Waals surface area contributed by atoms with Gasteiger partial charge in [-0.25, -0.2) is 0 Å². The lowest BCUT2D eigenvalue weighted by Crippen LogP contribution is -2.25. The molecule has 0 saturated carbocycles. The Kier molecular flexibility index (Phi) is 3.68. The Morgan fingerprint density at radius 3 is 2.29 bits per heavy atom. The molecule has 1 aliphatic carbocycles. The first-order chi connectivity index (χ1) is 8.11. The van der Waals surface area contributed by atoms with Crippen molar-refractivity contribution < 1.29 is 5.11 Å². The fourth-order valence-corrected chi connectivity index (χ4v) is 2.75. The summed E-state index contributed by atoms with van der Waals surface area (Å²) in [5, 5.41) is 10.1. The van der Waals surface area contributed by atoms with E-state index in [0.717, 1.165) is 6.42 Å². The van der Waals surface area contributed by atoms with Crippen molar-refractivity contribution in [3.63, 3.8) is 0 Å². The van der Waals surface area contributed by atoms with E-state index in [1.54, 1.807) is 0 Å². The van der Waals surface area contributed by atoms with Crippen LogP contribution >= 0.6 is 0 Å². The number of aliphatic hydroxyl groups excluding tert-OH is 1. The Labute approximate surface area is 104 Å². The van der Waals surface area contributed by atoms with E-state index < -0.39 is 0 Å². The molecule has 1 N–H and O–H groups in total. The summed E-state index contributed by atoms with van der Waals surface area (Å²) in [4.78, 5) is 0. The van der Waals surface area contributed by atoms with Gasteiger partial charge in [0.15, 0.2) is 0 Å². The highest BCUT2D eigenvalue weighted by Crippen LogP contribution is 2.37. The van der Waals surface area contributed by atoms with Crippen molar-refractivity contribution in [3.8, 4) is 0 Å². The summed E-state index contributed by atoms with van der Waals surface area (Å²) in [5.74, 6) is 1.38. The van der Waals surface area contributed by atoms with Gasteiger partial charge < -0.3 is 5.11 Å². The Morgan fingerprint density at radius 1 is 1.00 bits per heavy atom. The predicted octanol–water partition coefficient (Wildman–Crippen LogP) is 3.74. The summed E-state index contributed by atoms with van der Waals surface area (Å²) in [5.41, 5.74) is 2.69. The predicted molar refractivity (Wildman–Crippen MR) is 72.5 cm³/mol. The molecule has 92 valence electrons. The van der Waals surface area contributed by atoms with Gasteiger partial charge in [-0.2, -0.15) is 0 Å². The summed E-state index contributed by atoms with van der Waals surface area (Å²) in [6.07, 6.45) is 2.80. The molecule has 0 spiro atoms. The molecular weight excluding hydrogens is 208 g/mol. The lowest BCUT2D eigenvalue weighted by molar-refractivity contribution is 0.0848. The van der Waals surface area contributed by atoms with Gasteiger partial charge in [0.05, 0.1) is 6.10 Å². The van der Waals surface area contributed by atoms with Crippen molar-refractivity contribution in [2.75, 3.05) is 0 Å². The van der Waals surface area contributed by atoms with Crippen molar-refractivity contribution in [1.29, 1.82) is 0 Å². The molecule has 2 rings (SSSR count). The number of hydrogen-bond acceptors (Lipinski definition) is 1. The van der Waals surface area contributed by atoms with E-state index in [4.69, 9.17) is 0 Å². The van der Waals surface area contributed by atoms with Crippen LogP contribution in [0.1, 0.15) is 32.8 Å². The fraction of sp³-hybridized carbons (Fsp3) is 0.500. The van der Waals surface area contributed by atoms with Crippen LogP contribution in [0.15, 0.2) is 36.4 Å². The maximum Gasteiger partial charge on any atom is 0.0603 e. The first-order valence-electron chi connectivity index (χ1n) is 6.54. The molecule has 0 aliphatic heterocycles. The van der Waals surface area contributed by atoms with Crippen LogP contribution in [0.25, 0.3) is 5.57 Å². The highest BCUT2D eigenvalue weighted by Gasteiger charge is 2.29. The van der Waals surface area contributed by atoms with Crippen LogP contribution in [0.3, 0.4) is 0 Å². The first kappa shape index (κ1) is 12.4. The molecule has 0 amide bonds. The molecule has 4 atom stereocenters. The van der Waals surface area contributed by atoms with Crippen molar-refractivity contribution >= 4 is 5.57 Å². The summed E-state index contributed by atoms with van der Waals surface area (Å²) in [6, 6.07) is 10.5. The molecule has 1 aromatic carbocycles. The van der Waals surface area contributed by atoms with Crippen LogP contribution in [0.4, 0.5) is 0 Å². The molecule has 0 fully saturated rings.